The van der Waals surface area contributed by atoms with Gasteiger partial charge in [-0.1, -0.05) is 13.8 Å². The van der Waals surface area contributed by atoms with Gasteiger partial charge in [0.1, 0.15) is 6.04 Å². The van der Waals surface area contributed by atoms with Crippen molar-refractivity contribution in [2.45, 2.75) is 32.9 Å². The van der Waals surface area contributed by atoms with Crippen LogP contribution in [0.15, 0.2) is 22.8 Å². The number of hydrogen-bond acceptors (Lipinski definition) is 4. The molecule has 0 saturated heterocycles. The Kier molecular flexibility index (Phi) is 6.29. The third kappa shape index (κ3) is 5.14. The van der Waals surface area contributed by atoms with E-state index in [1.807, 2.05) is 12.1 Å². The molecule has 0 aliphatic carbocycles. The van der Waals surface area contributed by atoms with Crippen molar-refractivity contribution in [3.8, 4) is 0 Å². The summed E-state index contributed by atoms with van der Waals surface area (Å²) in [4.78, 5) is 15.9. The largest absolute Gasteiger partial charge is 0.468 e. The summed E-state index contributed by atoms with van der Waals surface area (Å²) in [6, 6.07) is 3.57. The van der Waals surface area contributed by atoms with E-state index in [0.717, 1.165) is 16.6 Å². The smallest absolute Gasteiger partial charge is 0.322 e. The average molecular weight is 315 g/mol. The molecule has 1 unspecified atom stereocenters. The molecular weight excluding hydrogens is 296 g/mol. The monoisotopic (exact) mass is 314 g/mol. The molecule has 100 valence electrons. The molecule has 1 N–H and O–H groups in total. The molecule has 0 aliphatic heterocycles. The molecule has 1 heterocycles. The second kappa shape index (κ2) is 7.48. The summed E-state index contributed by atoms with van der Waals surface area (Å²) in [6.45, 7) is 4.71. The van der Waals surface area contributed by atoms with Crippen LogP contribution in [0.4, 0.5) is 0 Å². The Hall–Kier alpha value is -0.940. The van der Waals surface area contributed by atoms with E-state index in [1.165, 1.54) is 7.11 Å². The lowest BCUT2D eigenvalue weighted by Gasteiger charge is -2.18. The van der Waals surface area contributed by atoms with Crippen molar-refractivity contribution in [3.63, 3.8) is 0 Å². The van der Waals surface area contributed by atoms with Crippen LogP contribution in [0.3, 0.4) is 0 Å². The van der Waals surface area contributed by atoms with Gasteiger partial charge in [0.2, 0.25) is 0 Å². The Bertz CT molecular complexity index is 379. The molecule has 18 heavy (non-hydrogen) atoms. The minimum Gasteiger partial charge on any atom is -0.468 e. The summed E-state index contributed by atoms with van der Waals surface area (Å²) in [5, 5.41) is 3.19. The van der Waals surface area contributed by atoms with E-state index in [4.69, 9.17) is 4.74 Å². The SMILES string of the molecule is COC(=O)C(CC(C)C)NCc1ccc(Br)cn1. The van der Waals surface area contributed by atoms with Gasteiger partial charge < -0.3 is 4.74 Å². The predicted molar refractivity (Wildman–Crippen MR) is 74.0 cm³/mol. The van der Waals surface area contributed by atoms with Crippen molar-refractivity contribution in [1.82, 2.24) is 10.3 Å². The fourth-order valence-electron chi connectivity index (χ4n) is 1.62. The second-order valence-electron chi connectivity index (χ2n) is 4.55. The number of nitrogens with one attached hydrogen (secondary N) is 1. The molecule has 0 amide bonds. The van der Waals surface area contributed by atoms with Crippen LogP contribution in [0.5, 0.6) is 0 Å². The normalized spacial score (nSPS) is 12.5. The van der Waals surface area contributed by atoms with E-state index in [9.17, 15) is 4.79 Å². The highest BCUT2D eigenvalue weighted by Gasteiger charge is 2.19. The summed E-state index contributed by atoms with van der Waals surface area (Å²) in [5.74, 6) is 0.209. The molecule has 5 heteroatoms. The Morgan fingerprint density at radius 2 is 2.22 bits per heavy atom. The van der Waals surface area contributed by atoms with Crippen molar-refractivity contribution in [2.24, 2.45) is 5.92 Å². The van der Waals surface area contributed by atoms with Crippen LogP contribution in [-0.2, 0) is 16.1 Å². The van der Waals surface area contributed by atoms with Gasteiger partial charge in [0.05, 0.1) is 12.8 Å². The summed E-state index contributed by atoms with van der Waals surface area (Å²) >= 11 is 3.34. The molecule has 1 atom stereocenters. The van der Waals surface area contributed by atoms with E-state index in [-0.39, 0.29) is 12.0 Å². The lowest BCUT2D eigenvalue weighted by Crippen LogP contribution is -2.38. The quantitative estimate of drug-likeness (QED) is 0.820. The van der Waals surface area contributed by atoms with Gasteiger partial charge in [-0.3, -0.25) is 15.1 Å². The van der Waals surface area contributed by atoms with Crippen molar-refractivity contribution < 1.29 is 9.53 Å². The number of pyridine rings is 1. The minimum atomic E-state index is -0.277. The first-order valence-corrected chi connectivity index (χ1v) is 6.74. The molecule has 0 fully saturated rings. The predicted octanol–water partition coefficient (Wildman–Crippen LogP) is 2.52. The molecule has 0 spiro atoms. The zero-order chi connectivity index (χ0) is 13.5. The number of aromatic nitrogens is 1. The third-order valence-electron chi connectivity index (χ3n) is 2.51. The topological polar surface area (TPSA) is 51.2 Å². The van der Waals surface area contributed by atoms with Gasteiger partial charge in [-0.05, 0) is 40.4 Å². The molecule has 0 bridgehead atoms. The van der Waals surface area contributed by atoms with Crippen LogP contribution in [0.2, 0.25) is 0 Å². The third-order valence-corrected chi connectivity index (χ3v) is 2.98. The lowest BCUT2D eigenvalue weighted by molar-refractivity contribution is -0.143. The fraction of sp³-hybridized carbons (Fsp3) is 0.538. The molecular formula is C13H19BrN2O2. The van der Waals surface area contributed by atoms with Crippen molar-refractivity contribution in [3.05, 3.63) is 28.5 Å². The van der Waals surface area contributed by atoms with Gasteiger partial charge in [-0.2, -0.15) is 0 Å². The van der Waals surface area contributed by atoms with Gasteiger partial charge >= 0.3 is 5.97 Å². The Morgan fingerprint density at radius 1 is 1.50 bits per heavy atom. The van der Waals surface area contributed by atoms with E-state index >= 15 is 0 Å². The maximum atomic E-state index is 11.6. The molecule has 0 aromatic carbocycles. The van der Waals surface area contributed by atoms with Crippen LogP contribution in [-0.4, -0.2) is 24.1 Å². The number of carbonyl (C=O) groups excluding carboxylic acids is 1. The van der Waals surface area contributed by atoms with E-state index in [1.54, 1.807) is 6.20 Å². The van der Waals surface area contributed by atoms with Gasteiger partial charge in [-0.15, -0.1) is 0 Å². The van der Waals surface area contributed by atoms with Gasteiger partial charge in [0.15, 0.2) is 0 Å². The Balaban J connectivity index is 2.55. The first-order chi connectivity index (χ1) is 8.52. The van der Waals surface area contributed by atoms with E-state index < -0.39 is 0 Å². The summed E-state index contributed by atoms with van der Waals surface area (Å²) in [6.07, 6.45) is 2.50. The zero-order valence-corrected chi connectivity index (χ0v) is 12.5. The number of carbonyl (C=O) groups is 1. The number of ether oxygens (including phenoxy) is 1. The molecule has 1 aromatic heterocycles. The van der Waals surface area contributed by atoms with Crippen LogP contribution in [0.25, 0.3) is 0 Å². The number of halogens is 1. The number of methoxy groups -OCH3 is 1. The molecule has 0 radical (unpaired) electrons. The summed E-state index contributed by atoms with van der Waals surface area (Å²) in [7, 11) is 1.41. The van der Waals surface area contributed by atoms with Crippen LogP contribution < -0.4 is 5.32 Å². The van der Waals surface area contributed by atoms with E-state index in [0.29, 0.717) is 12.5 Å². The van der Waals surface area contributed by atoms with Gasteiger partial charge in [0.25, 0.3) is 0 Å². The first-order valence-electron chi connectivity index (χ1n) is 5.94. The van der Waals surface area contributed by atoms with Gasteiger partial charge in [-0.25, -0.2) is 0 Å². The number of nitrogens with zero attached hydrogens (tertiary/aromatic N) is 1. The summed E-state index contributed by atoms with van der Waals surface area (Å²) < 4.78 is 5.73. The van der Waals surface area contributed by atoms with Crippen LogP contribution in [0, 0.1) is 5.92 Å². The zero-order valence-electron chi connectivity index (χ0n) is 10.9. The van der Waals surface area contributed by atoms with Gasteiger partial charge in [0, 0.05) is 17.2 Å². The highest BCUT2D eigenvalue weighted by molar-refractivity contribution is 9.10. The molecule has 0 saturated carbocycles. The van der Waals surface area contributed by atoms with Crippen molar-refractivity contribution >= 4 is 21.9 Å². The van der Waals surface area contributed by atoms with Crippen molar-refractivity contribution in [1.29, 1.82) is 0 Å². The fourth-order valence-corrected chi connectivity index (χ4v) is 1.85. The Morgan fingerprint density at radius 3 is 2.72 bits per heavy atom. The Labute approximate surface area is 116 Å². The van der Waals surface area contributed by atoms with Crippen LogP contribution >= 0.6 is 15.9 Å². The average Bonchev–Trinajstić information content (AvgIpc) is 2.35. The number of hydrogen-bond donors (Lipinski definition) is 1. The first kappa shape index (κ1) is 15.1. The molecule has 1 rings (SSSR count). The number of rotatable bonds is 6. The minimum absolute atomic E-state index is 0.221. The highest BCUT2D eigenvalue weighted by Crippen LogP contribution is 2.09. The van der Waals surface area contributed by atoms with Crippen LogP contribution in [0.1, 0.15) is 26.0 Å². The maximum absolute atomic E-state index is 11.6. The molecule has 4 nitrogen and oxygen atoms in total. The van der Waals surface area contributed by atoms with E-state index in [2.05, 4.69) is 40.1 Å². The maximum Gasteiger partial charge on any atom is 0.322 e. The molecule has 0 aliphatic rings. The lowest BCUT2D eigenvalue weighted by atomic mass is 10.0. The summed E-state index contributed by atoms with van der Waals surface area (Å²) in [5.41, 5.74) is 0.899. The van der Waals surface area contributed by atoms with Crippen molar-refractivity contribution in [2.75, 3.05) is 7.11 Å². The second-order valence-corrected chi connectivity index (χ2v) is 5.47. The molecule has 1 aromatic rings. The standard InChI is InChI=1S/C13H19BrN2O2/c1-9(2)6-12(13(17)18-3)16-8-11-5-4-10(14)7-15-11/h4-5,7,9,12,16H,6,8H2,1-3H3. The number of esters is 1. The highest BCUT2D eigenvalue weighted by atomic mass is 79.9.